The van der Waals surface area contributed by atoms with Crippen molar-refractivity contribution >= 4 is 34.3 Å². The Morgan fingerprint density at radius 2 is 1.94 bits per heavy atom. The Morgan fingerprint density at radius 1 is 1.17 bits per heavy atom. The molecule has 2 aliphatic rings. The molecule has 0 spiro atoms. The number of amides is 1. The minimum Gasteiger partial charge on any atom is -0.369 e. The average molecular weight is 488 g/mol. The molecule has 1 N–H and O–H groups in total. The molecule has 1 aromatic carbocycles. The van der Waals surface area contributed by atoms with Crippen molar-refractivity contribution in [3.05, 3.63) is 65.1 Å². The van der Waals surface area contributed by atoms with Crippen molar-refractivity contribution in [1.29, 1.82) is 0 Å². The van der Waals surface area contributed by atoms with E-state index in [4.69, 9.17) is 4.98 Å². The largest absolute Gasteiger partial charge is 0.369 e. The molecule has 0 atom stereocenters. The van der Waals surface area contributed by atoms with Gasteiger partial charge in [0.25, 0.3) is 5.56 Å². The number of nitrogens with zero attached hydrogens (tertiary/aromatic N) is 6. The normalized spacial score (nSPS) is 16.7. The van der Waals surface area contributed by atoms with E-state index in [1.165, 1.54) is 17.3 Å². The number of hydrogen-bond donors (Lipinski definition) is 1. The first-order valence-corrected chi connectivity index (χ1v) is 12.5. The Labute approximate surface area is 211 Å². The molecule has 2 fully saturated rings. The summed E-state index contributed by atoms with van der Waals surface area (Å²) >= 11 is 0. The lowest BCUT2D eigenvalue weighted by atomic mass is 9.96. The van der Waals surface area contributed by atoms with E-state index in [0.717, 1.165) is 43.7 Å². The van der Waals surface area contributed by atoms with Crippen LogP contribution in [-0.2, 0) is 11.3 Å². The molecule has 1 amide bonds. The molecule has 0 unspecified atom stereocenters. The Morgan fingerprint density at radius 3 is 2.67 bits per heavy atom. The summed E-state index contributed by atoms with van der Waals surface area (Å²) in [6.45, 7) is 11.8. The maximum Gasteiger partial charge on any atom is 0.252 e. The molecule has 3 aromatic rings. The van der Waals surface area contributed by atoms with Gasteiger partial charge in [-0.2, -0.15) is 4.98 Å². The number of anilines is 3. The molecule has 0 radical (unpaired) electrons. The monoisotopic (exact) mass is 487 g/mol. The van der Waals surface area contributed by atoms with Crippen LogP contribution >= 0.6 is 0 Å². The van der Waals surface area contributed by atoms with E-state index in [2.05, 4.69) is 58.9 Å². The van der Waals surface area contributed by atoms with E-state index in [1.54, 1.807) is 27.8 Å². The number of nitrogens with one attached hydrogen (secondary N) is 1. The molecule has 2 aliphatic heterocycles. The summed E-state index contributed by atoms with van der Waals surface area (Å²) in [5, 5.41) is 4.13. The maximum absolute atomic E-state index is 12.7. The lowest BCUT2D eigenvalue weighted by molar-refractivity contribution is -0.132. The molecule has 0 bridgehead atoms. The van der Waals surface area contributed by atoms with Crippen LogP contribution in [0, 0.1) is 12.8 Å². The number of likely N-dealkylation sites (tertiary alicyclic amines) is 1. The molecule has 0 aliphatic carbocycles. The summed E-state index contributed by atoms with van der Waals surface area (Å²) in [7, 11) is 2.16. The predicted octanol–water partition coefficient (Wildman–Crippen LogP) is 2.63. The van der Waals surface area contributed by atoms with Crippen molar-refractivity contribution in [3.8, 4) is 0 Å². The summed E-state index contributed by atoms with van der Waals surface area (Å²) in [6, 6.07) is 9.65. The summed E-state index contributed by atoms with van der Waals surface area (Å²) in [6.07, 6.45) is 3.90. The van der Waals surface area contributed by atoms with Crippen LogP contribution in [0.1, 0.15) is 12.0 Å². The zero-order valence-corrected chi connectivity index (χ0v) is 21.0. The number of carbonyl (C=O) groups excluding carboxylic acids is 1. The fraction of sp³-hybridized carbons (Fsp3) is 0.407. The number of benzene rings is 1. The molecular weight excluding hydrogens is 454 g/mol. The van der Waals surface area contributed by atoms with Gasteiger partial charge < -0.3 is 20.0 Å². The van der Waals surface area contributed by atoms with Crippen molar-refractivity contribution in [3.63, 3.8) is 0 Å². The zero-order valence-electron chi connectivity index (χ0n) is 21.0. The maximum atomic E-state index is 12.7. The lowest BCUT2D eigenvalue weighted by Crippen LogP contribution is -2.49. The summed E-state index contributed by atoms with van der Waals surface area (Å²) in [5.41, 5.74) is 3.90. The van der Waals surface area contributed by atoms with Gasteiger partial charge in [-0.3, -0.25) is 14.2 Å². The van der Waals surface area contributed by atoms with Crippen molar-refractivity contribution in [2.45, 2.75) is 19.9 Å². The Kier molecular flexibility index (Phi) is 6.73. The van der Waals surface area contributed by atoms with Gasteiger partial charge in [-0.15, -0.1) is 0 Å². The van der Waals surface area contributed by atoms with Gasteiger partial charge in [0.15, 0.2) is 0 Å². The molecule has 2 aromatic heterocycles. The lowest BCUT2D eigenvalue weighted by Gasteiger charge is -2.38. The van der Waals surface area contributed by atoms with Gasteiger partial charge >= 0.3 is 0 Å². The number of carbonyl (C=O) groups is 1. The smallest absolute Gasteiger partial charge is 0.252 e. The average Bonchev–Trinajstić information content (AvgIpc) is 2.85. The highest BCUT2D eigenvalue weighted by Gasteiger charge is 2.29. The zero-order chi connectivity index (χ0) is 25.2. The van der Waals surface area contributed by atoms with E-state index < -0.39 is 0 Å². The fourth-order valence-electron chi connectivity index (χ4n) is 4.99. The first kappa shape index (κ1) is 24.0. The van der Waals surface area contributed by atoms with Gasteiger partial charge in [0.05, 0.1) is 0 Å². The third-order valence-corrected chi connectivity index (χ3v) is 7.22. The second-order valence-corrected chi connectivity index (χ2v) is 9.81. The first-order chi connectivity index (χ1) is 17.4. The van der Waals surface area contributed by atoms with Crippen LogP contribution in [0.15, 0.2) is 54.0 Å². The number of aromatic nitrogens is 3. The highest BCUT2D eigenvalue weighted by Crippen LogP contribution is 2.26. The number of hydrogen-bond acceptors (Lipinski definition) is 7. The summed E-state index contributed by atoms with van der Waals surface area (Å²) < 4.78 is 1.71. The second kappa shape index (κ2) is 10.1. The first-order valence-electron chi connectivity index (χ1n) is 12.5. The third-order valence-electron chi connectivity index (χ3n) is 7.22. The van der Waals surface area contributed by atoms with Crippen LogP contribution in [-0.4, -0.2) is 76.6 Å². The van der Waals surface area contributed by atoms with Crippen LogP contribution in [0.3, 0.4) is 0 Å². The van der Waals surface area contributed by atoms with Crippen LogP contribution in [0.4, 0.5) is 17.3 Å². The number of piperazine rings is 1. The number of likely N-dealkylation sites (N-methyl/N-ethyl adjacent to an activating group) is 1. The van der Waals surface area contributed by atoms with Gasteiger partial charge in [-0.25, -0.2) is 4.98 Å². The number of aryl methyl sites for hydroxylation is 2. The molecule has 9 heteroatoms. The van der Waals surface area contributed by atoms with Gasteiger partial charge in [0.1, 0.15) is 5.65 Å². The van der Waals surface area contributed by atoms with Gasteiger partial charge in [-0.05, 0) is 62.2 Å². The number of rotatable bonds is 7. The van der Waals surface area contributed by atoms with Crippen molar-refractivity contribution in [1.82, 2.24) is 24.3 Å². The molecule has 188 valence electrons. The molecular formula is C27H33N7O2. The summed E-state index contributed by atoms with van der Waals surface area (Å²) in [5.74, 6) is 0.793. The Bertz CT molecular complexity index is 1340. The van der Waals surface area contributed by atoms with E-state index >= 15 is 0 Å². The van der Waals surface area contributed by atoms with E-state index in [9.17, 15) is 9.59 Å². The van der Waals surface area contributed by atoms with Crippen molar-refractivity contribution < 1.29 is 4.79 Å². The molecule has 4 heterocycles. The van der Waals surface area contributed by atoms with Crippen LogP contribution in [0.2, 0.25) is 0 Å². The molecule has 36 heavy (non-hydrogen) atoms. The highest BCUT2D eigenvalue weighted by atomic mass is 16.2. The molecule has 9 nitrogen and oxygen atoms in total. The van der Waals surface area contributed by atoms with E-state index in [1.807, 2.05) is 0 Å². The van der Waals surface area contributed by atoms with Crippen LogP contribution in [0.5, 0.6) is 0 Å². The minimum absolute atomic E-state index is 0.0381. The SMILES string of the molecule is C=CC(=O)N1CC(CCn2c(=O)ccc3cnc(Nc4ccc(N5CCN(C)CC5)c(C)c4)nc32)C1. The van der Waals surface area contributed by atoms with Crippen LogP contribution < -0.4 is 15.8 Å². The minimum atomic E-state index is -0.0853. The van der Waals surface area contributed by atoms with Crippen molar-refractivity contribution in [2.24, 2.45) is 5.92 Å². The van der Waals surface area contributed by atoms with Crippen molar-refractivity contribution in [2.75, 3.05) is 56.5 Å². The third kappa shape index (κ3) is 4.97. The summed E-state index contributed by atoms with van der Waals surface area (Å²) in [4.78, 5) is 40.1. The van der Waals surface area contributed by atoms with Gasteiger partial charge in [0.2, 0.25) is 11.9 Å². The van der Waals surface area contributed by atoms with Gasteiger partial charge in [-0.1, -0.05) is 6.58 Å². The standard InChI is InChI=1S/C27H33N7O2/c1-4-24(35)33-17-20(18-33)9-10-34-25(36)8-5-21-16-28-27(30-26(21)34)29-22-6-7-23(19(2)15-22)32-13-11-31(3)12-14-32/h4-8,15-16,20H,1,9-14,17-18H2,2-3H3,(H,28,29,30). The predicted molar refractivity (Wildman–Crippen MR) is 143 cm³/mol. The van der Waals surface area contributed by atoms with Gasteiger partial charge in [0, 0.05) is 74.8 Å². The fourth-order valence-corrected chi connectivity index (χ4v) is 4.99. The van der Waals surface area contributed by atoms with E-state index in [-0.39, 0.29) is 11.5 Å². The number of fused-ring (bicyclic) bond motifs is 1. The molecule has 5 rings (SSSR count). The topological polar surface area (TPSA) is 86.6 Å². The molecule has 0 saturated carbocycles. The number of pyridine rings is 1. The highest BCUT2D eigenvalue weighted by molar-refractivity contribution is 5.87. The Hall–Kier alpha value is -3.72. The quantitative estimate of drug-likeness (QED) is 0.513. The Balaban J connectivity index is 1.30. The second-order valence-electron chi connectivity index (χ2n) is 9.81. The van der Waals surface area contributed by atoms with Crippen LogP contribution in [0.25, 0.3) is 11.0 Å². The molecule has 2 saturated heterocycles. The van der Waals surface area contributed by atoms with E-state index in [0.29, 0.717) is 37.1 Å².